The Morgan fingerprint density at radius 1 is 0.974 bits per heavy atom. The van der Waals surface area contributed by atoms with Crippen LogP contribution >= 0.6 is 0 Å². The molecule has 7 nitrogen and oxygen atoms in total. The van der Waals surface area contributed by atoms with Gasteiger partial charge in [0.1, 0.15) is 34.3 Å². The Morgan fingerprint density at radius 3 is 2.42 bits per heavy atom. The number of aryl methyl sites for hydroxylation is 1. The molecule has 0 bridgehead atoms. The maximum Gasteiger partial charge on any atom is 0.339 e. The first-order valence-electron chi connectivity index (χ1n) is 13.3. The molecule has 0 radical (unpaired) electrons. The third-order valence-corrected chi connectivity index (χ3v) is 6.69. The van der Waals surface area contributed by atoms with Gasteiger partial charge < -0.3 is 29.2 Å². The molecule has 0 spiro atoms. The molecule has 0 amide bonds. The summed E-state index contributed by atoms with van der Waals surface area (Å²) in [5, 5.41) is 20.1. The first-order chi connectivity index (χ1) is 18.5. The van der Waals surface area contributed by atoms with Crippen molar-refractivity contribution < 1.29 is 34.0 Å². The summed E-state index contributed by atoms with van der Waals surface area (Å²) in [5.41, 5.74) is 3.02. The SMILES string of the molecule is CCCc1c(OCCCOc2cc(O)c(C3CCOC3)cc2CC)cccc1Oc1ccccc1C(=O)O. The number of carbonyl (C=O) groups is 1. The van der Waals surface area contributed by atoms with Crippen molar-refractivity contribution in [2.75, 3.05) is 26.4 Å². The zero-order valence-electron chi connectivity index (χ0n) is 22.1. The number of carboxylic acid groups (broad SMARTS) is 1. The number of aromatic hydroxyl groups is 1. The molecule has 1 aliphatic rings. The number of phenols is 1. The smallest absolute Gasteiger partial charge is 0.339 e. The highest BCUT2D eigenvalue weighted by atomic mass is 16.5. The van der Waals surface area contributed by atoms with Gasteiger partial charge in [-0.05, 0) is 60.7 Å². The van der Waals surface area contributed by atoms with Crippen LogP contribution in [0.3, 0.4) is 0 Å². The molecule has 0 aliphatic carbocycles. The summed E-state index contributed by atoms with van der Waals surface area (Å²) in [4.78, 5) is 11.6. The van der Waals surface area contributed by atoms with E-state index in [0.717, 1.165) is 49.0 Å². The molecule has 0 aromatic heterocycles. The van der Waals surface area contributed by atoms with Gasteiger partial charge in [-0.1, -0.05) is 38.5 Å². The van der Waals surface area contributed by atoms with Gasteiger partial charge in [0.25, 0.3) is 0 Å². The van der Waals surface area contributed by atoms with Crippen LogP contribution in [-0.2, 0) is 17.6 Å². The largest absolute Gasteiger partial charge is 0.508 e. The van der Waals surface area contributed by atoms with E-state index in [1.807, 2.05) is 24.3 Å². The van der Waals surface area contributed by atoms with Crippen LogP contribution in [0.5, 0.6) is 28.7 Å². The second kappa shape index (κ2) is 13.2. The van der Waals surface area contributed by atoms with Gasteiger partial charge in [-0.15, -0.1) is 0 Å². The van der Waals surface area contributed by atoms with Crippen molar-refractivity contribution in [1.82, 2.24) is 0 Å². The Kier molecular flexibility index (Phi) is 9.49. The van der Waals surface area contributed by atoms with E-state index >= 15 is 0 Å². The Labute approximate surface area is 223 Å². The Morgan fingerprint density at radius 2 is 1.71 bits per heavy atom. The second-order valence-electron chi connectivity index (χ2n) is 9.37. The number of ether oxygens (including phenoxy) is 4. The fraction of sp³-hybridized carbons (Fsp3) is 0.387. The van der Waals surface area contributed by atoms with Crippen LogP contribution in [0.1, 0.15) is 66.1 Å². The van der Waals surface area contributed by atoms with Gasteiger partial charge in [-0.2, -0.15) is 0 Å². The first kappa shape index (κ1) is 27.3. The highest BCUT2D eigenvalue weighted by molar-refractivity contribution is 5.91. The minimum absolute atomic E-state index is 0.112. The average Bonchev–Trinajstić information content (AvgIpc) is 3.45. The zero-order chi connectivity index (χ0) is 26.9. The molecule has 1 atom stereocenters. The summed E-state index contributed by atoms with van der Waals surface area (Å²) in [6, 6.07) is 16.0. The van der Waals surface area contributed by atoms with Crippen molar-refractivity contribution >= 4 is 5.97 Å². The van der Waals surface area contributed by atoms with Gasteiger partial charge in [0.05, 0.1) is 19.8 Å². The molecule has 38 heavy (non-hydrogen) atoms. The van der Waals surface area contributed by atoms with Crippen molar-refractivity contribution in [3.05, 3.63) is 76.9 Å². The molecule has 0 saturated carbocycles. The number of rotatable bonds is 13. The van der Waals surface area contributed by atoms with Crippen LogP contribution in [0.2, 0.25) is 0 Å². The average molecular weight is 521 g/mol. The van der Waals surface area contributed by atoms with Crippen LogP contribution in [-0.4, -0.2) is 42.6 Å². The second-order valence-corrected chi connectivity index (χ2v) is 9.37. The number of para-hydroxylation sites is 1. The number of hydrogen-bond acceptors (Lipinski definition) is 6. The molecule has 202 valence electrons. The minimum Gasteiger partial charge on any atom is -0.508 e. The predicted molar refractivity (Wildman–Crippen MR) is 145 cm³/mol. The first-order valence-corrected chi connectivity index (χ1v) is 13.3. The Bertz CT molecular complexity index is 1230. The molecule has 3 aromatic carbocycles. The fourth-order valence-electron chi connectivity index (χ4n) is 4.70. The van der Waals surface area contributed by atoms with Gasteiger partial charge in [0.2, 0.25) is 0 Å². The highest BCUT2D eigenvalue weighted by Crippen LogP contribution is 2.37. The lowest BCUT2D eigenvalue weighted by Crippen LogP contribution is -2.08. The minimum atomic E-state index is -1.04. The molecule has 3 aromatic rings. The van der Waals surface area contributed by atoms with E-state index in [-0.39, 0.29) is 17.2 Å². The highest BCUT2D eigenvalue weighted by Gasteiger charge is 2.22. The monoisotopic (exact) mass is 520 g/mol. The maximum absolute atomic E-state index is 11.6. The van der Waals surface area contributed by atoms with E-state index in [9.17, 15) is 15.0 Å². The number of aromatic carboxylic acids is 1. The van der Waals surface area contributed by atoms with E-state index in [1.54, 1.807) is 24.3 Å². The number of benzene rings is 3. The van der Waals surface area contributed by atoms with Crippen molar-refractivity contribution in [2.45, 2.75) is 51.9 Å². The van der Waals surface area contributed by atoms with E-state index < -0.39 is 5.97 Å². The molecule has 1 unspecified atom stereocenters. The normalized spacial score (nSPS) is 14.8. The van der Waals surface area contributed by atoms with E-state index in [1.165, 1.54) is 6.07 Å². The molecule has 1 saturated heterocycles. The van der Waals surface area contributed by atoms with Crippen LogP contribution in [0.4, 0.5) is 0 Å². The van der Waals surface area contributed by atoms with E-state index in [0.29, 0.717) is 49.2 Å². The van der Waals surface area contributed by atoms with Gasteiger partial charge in [0, 0.05) is 30.6 Å². The quantitative estimate of drug-likeness (QED) is 0.241. The lowest BCUT2D eigenvalue weighted by atomic mass is 9.94. The predicted octanol–water partition coefficient (Wildman–Crippen LogP) is 6.75. The Hall–Kier alpha value is -3.71. The molecule has 7 heteroatoms. The van der Waals surface area contributed by atoms with Crippen LogP contribution in [0, 0.1) is 0 Å². The van der Waals surface area contributed by atoms with Crippen molar-refractivity contribution in [1.29, 1.82) is 0 Å². The van der Waals surface area contributed by atoms with Crippen LogP contribution in [0.25, 0.3) is 0 Å². The summed E-state index contributed by atoms with van der Waals surface area (Å²) in [6.07, 6.45) is 4.00. The summed E-state index contributed by atoms with van der Waals surface area (Å²) >= 11 is 0. The molecular weight excluding hydrogens is 484 g/mol. The summed E-state index contributed by atoms with van der Waals surface area (Å²) in [6.45, 7) is 6.42. The zero-order valence-corrected chi connectivity index (χ0v) is 22.1. The summed E-state index contributed by atoms with van der Waals surface area (Å²) < 4.78 is 23.7. The van der Waals surface area contributed by atoms with Gasteiger partial charge >= 0.3 is 5.97 Å². The number of phenolic OH excluding ortho intramolecular Hbond substituents is 1. The van der Waals surface area contributed by atoms with Crippen LogP contribution in [0.15, 0.2) is 54.6 Å². The Balaban J connectivity index is 1.38. The lowest BCUT2D eigenvalue weighted by Gasteiger charge is -2.18. The fourth-order valence-corrected chi connectivity index (χ4v) is 4.70. The van der Waals surface area contributed by atoms with Crippen LogP contribution < -0.4 is 14.2 Å². The van der Waals surface area contributed by atoms with Gasteiger partial charge in [-0.3, -0.25) is 0 Å². The van der Waals surface area contributed by atoms with E-state index in [2.05, 4.69) is 13.8 Å². The van der Waals surface area contributed by atoms with Gasteiger partial charge in [-0.25, -0.2) is 4.79 Å². The number of carboxylic acids is 1. The van der Waals surface area contributed by atoms with E-state index in [4.69, 9.17) is 18.9 Å². The molecule has 1 fully saturated rings. The van der Waals surface area contributed by atoms with Crippen molar-refractivity contribution in [2.24, 2.45) is 0 Å². The summed E-state index contributed by atoms with van der Waals surface area (Å²) in [7, 11) is 0. The standard InChI is InChI=1S/C31H36O7/c1-3-9-23-27(12-7-13-28(23)38-29-11-6-5-10-24(29)31(33)34)36-15-8-16-37-30-19-26(32)25(18-21(30)4-2)22-14-17-35-20-22/h5-7,10-13,18-19,22,32H,3-4,8-9,14-17,20H2,1-2H3,(H,33,34). The van der Waals surface area contributed by atoms with Crippen molar-refractivity contribution in [3.63, 3.8) is 0 Å². The molecule has 1 heterocycles. The van der Waals surface area contributed by atoms with Crippen molar-refractivity contribution in [3.8, 4) is 28.7 Å². The molecule has 4 rings (SSSR count). The molecule has 1 aliphatic heterocycles. The number of hydrogen-bond donors (Lipinski definition) is 2. The topological polar surface area (TPSA) is 94.5 Å². The third-order valence-electron chi connectivity index (χ3n) is 6.69. The molecule has 2 N–H and O–H groups in total. The third kappa shape index (κ3) is 6.58. The van der Waals surface area contributed by atoms with Gasteiger partial charge in [0.15, 0.2) is 0 Å². The molecular formula is C31H36O7. The lowest BCUT2D eigenvalue weighted by molar-refractivity contribution is 0.0694. The maximum atomic E-state index is 11.6. The summed E-state index contributed by atoms with van der Waals surface area (Å²) in [5.74, 6) is 1.76.